The fourth-order valence-electron chi connectivity index (χ4n) is 8.62. The number of ketones is 2. The third kappa shape index (κ3) is 14.6. The number of carbonyl (C=O) groups is 2. The molecule has 3 unspecified atom stereocenters. The Balaban J connectivity index is 2.23. The number of unbranched alkanes of at least 4 members (excludes halogenated alkanes) is 8. The summed E-state index contributed by atoms with van der Waals surface area (Å²) in [6, 6.07) is 0. The summed E-state index contributed by atoms with van der Waals surface area (Å²) in [4.78, 5) is 27.8. The van der Waals surface area contributed by atoms with Gasteiger partial charge in [-0.25, -0.2) is 0 Å². The van der Waals surface area contributed by atoms with Gasteiger partial charge in [0.25, 0.3) is 0 Å². The van der Waals surface area contributed by atoms with Crippen LogP contribution in [0.25, 0.3) is 0 Å². The fraction of sp³-hybridized carbons (Fsp3) is 0.952. The maximum Gasteiger partial charge on any atom is 0.189 e. The molecular formula is C42H78O13. The highest BCUT2D eigenvalue weighted by atomic mass is 16.8. The fourth-order valence-corrected chi connectivity index (χ4v) is 8.62. The normalized spacial score (nSPS) is 32.0. The molecule has 0 spiro atoms. The van der Waals surface area contributed by atoms with Gasteiger partial charge in [-0.15, -0.1) is 0 Å². The number of rotatable bonds is 28. The average molecular weight is 791 g/mol. The second-order valence-corrected chi connectivity index (χ2v) is 16.2. The molecule has 2 saturated heterocycles. The number of carbonyl (C=O) groups excluding carboxylic acids is 2. The summed E-state index contributed by atoms with van der Waals surface area (Å²) in [5.41, 5.74) is 0. The van der Waals surface area contributed by atoms with E-state index in [1.807, 2.05) is 27.7 Å². The van der Waals surface area contributed by atoms with Crippen molar-refractivity contribution in [3.63, 3.8) is 0 Å². The molecule has 2 aliphatic rings. The highest BCUT2D eigenvalue weighted by Crippen LogP contribution is 2.34. The van der Waals surface area contributed by atoms with Crippen molar-refractivity contribution in [1.82, 2.24) is 0 Å². The van der Waals surface area contributed by atoms with Crippen LogP contribution in [-0.2, 0) is 33.3 Å². The molecule has 55 heavy (non-hydrogen) atoms. The van der Waals surface area contributed by atoms with Crippen LogP contribution < -0.4 is 0 Å². The van der Waals surface area contributed by atoms with Crippen molar-refractivity contribution >= 4 is 11.6 Å². The van der Waals surface area contributed by atoms with E-state index in [1.165, 1.54) is 0 Å². The summed E-state index contributed by atoms with van der Waals surface area (Å²) >= 11 is 0. The highest BCUT2D eigenvalue weighted by molar-refractivity contribution is 5.82. The predicted molar refractivity (Wildman–Crippen MR) is 208 cm³/mol. The molecular weight excluding hydrogens is 712 g/mol. The highest BCUT2D eigenvalue weighted by Gasteiger charge is 2.51. The summed E-state index contributed by atoms with van der Waals surface area (Å²) in [6.45, 7) is 12.2. The van der Waals surface area contributed by atoms with Gasteiger partial charge < -0.3 is 54.3 Å². The predicted octanol–water partition coefficient (Wildman–Crippen LogP) is 4.61. The summed E-state index contributed by atoms with van der Waals surface area (Å²) in [7, 11) is 3.24. The van der Waals surface area contributed by atoms with E-state index in [0.717, 1.165) is 64.2 Å². The molecule has 0 radical (unpaired) electrons. The van der Waals surface area contributed by atoms with Crippen LogP contribution in [0.3, 0.4) is 0 Å². The first-order chi connectivity index (χ1) is 26.2. The van der Waals surface area contributed by atoms with Gasteiger partial charge in [-0.2, -0.15) is 0 Å². The number of methoxy groups -OCH3 is 2. The van der Waals surface area contributed by atoms with Gasteiger partial charge in [-0.3, -0.25) is 9.59 Å². The van der Waals surface area contributed by atoms with E-state index in [-0.39, 0.29) is 48.5 Å². The molecule has 6 N–H and O–H groups in total. The number of aliphatic hydroxyl groups is 6. The molecule has 13 nitrogen and oxygen atoms in total. The number of aliphatic hydroxyl groups excluding tert-OH is 6. The molecule has 0 amide bonds. The first-order valence-corrected chi connectivity index (χ1v) is 21.4. The van der Waals surface area contributed by atoms with Gasteiger partial charge >= 0.3 is 0 Å². The van der Waals surface area contributed by atoms with Crippen molar-refractivity contribution in [2.75, 3.05) is 14.2 Å². The number of Topliss-reactive ketones (excluding diaryl/α,β-unsaturated/α-hetero) is 2. The number of ether oxygens (including phenoxy) is 5. The smallest absolute Gasteiger partial charge is 0.189 e. The van der Waals surface area contributed by atoms with Crippen LogP contribution in [0.5, 0.6) is 0 Å². The Kier molecular flexibility index (Phi) is 23.7. The first-order valence-electron chi connectivity index (χ1n) is 21.4. The molecule has 2 rings (SSSR count). The summed E-state index contributed by atoms with van der Waals surface area (Å²) in [5, 5.41) is 65.5. The quantitative estimate of drug-likeness (QED) is 0.0601. The van der Waals surface area contributed by atoms with Crippen molar-refractivity contribution < 1.29 is 63.9 Å². The lowest BCUT2D eigenvalue weighted by Crippen LogP contribution is -2.63. The van der Waals surface area contributed by atoms with E-state index >= 15 is 0 Å². The number of hydrogen-bond acceptors (Lipinski definition) is 13. The van der Waals surface area contributed by atoms with Crippen LogP contribution in [0.4, 0.5) is 0 Å². The van der Waals surface area contributed by atoms with Gasteiger partial charge in [0.15, 0.2) is 12.6 Å². The Morgan fingerprint density at radius 1 is 0.527 bits per heavy atom. The lowest BCUT2D eigenvalue weighted by atomic mass is 9.79. The van der Waals surface area contributed by atoms with E-state index in [9.17, 15) is 40.2 Å². The maximum atomic E-state index is 13.9. The monoisotopic (exact) mass is 791 g/mol. The zero-order valence-corrected chi connectivity index (χ0v) is 35.1. The molecule has 0 aromatic heterocycles. The Labute approximate surface area is 330 Å². The lowest BCUT2D eigenvalue weighted by molar-refractivity contribution is -0.373. The van der Waals surface area contributed by atoms with Crippen molar-refractivity contribution in [2.45, 2.75) is 218 Å². The van der Waals surface area contributed by atoms with Gasteiger partial charge in [0.2, 0.25) is 0 Å². The first kappa shape index (κ1) is 50.0. The molecule has 0 aromatic carbocycles. The van der Waals surface area contributed by atoms with E-state index < -0.39 is 73.2 Å². The van der Waals surface area contributed by atoms with Crippen LogP contribution in [0.2, 0.25) is 0 Å². The molecule has 0 aromatic rings. The zero-order valence-electron chi connectivity index (χ0n) is 35.1. The van der Waals surface area contributed by atoms with Crippen LogP contribution in [0.15, 0.2) is 0 Å². The molecule has 324 valence electrons. The summed E-state index contributed by atoms with van der Waals surface area (Å²) < 4.78 is 29.1. The zero-order chi connectivity index (χ0) is 41.2. The third-order valence-corrected chi connectivity index (χ3v) is 12.3. The van der Waals surface area contributed by atoms with Gasteiger partial charge in [-0.05, 0) is 37.5 Å². The molecule has 13 heteroatoms. The Morgan fingerprint density at radius 2 is 0.873 bits per heavy atom. The maximum absolute atomic E-state index is 13.9. The molecule has 0 aliphatic carbocycles. The van der Waals surface area contributed by atoms with Crippen LogP contribution in [0, 0.1) is 23.7 Å². The molecule has 2 fully saturated rings. The lowest BCUT2D eigenvalue weighted by Gasteiger charge is -2.45. The van der Waals surface area contributed by atoms with Crippen molar-refractivity contribution in [3.05, 3.63) is 0 Å². The standard InChI is InChI=1S/C42H78O13/c1-9-13-15-17-19-21-27(25(5)31(11-3)51-7)29(43)23-33-35(45)37(47)39(49)41(53-33)55-42-40(50)38(48)36(46)34(54-42)24-30(44)28(22-20-18-16-14-10-2)26(6)32(12-4)52-8/h25-28,31-42,45-50H,9-24H2,1-8H3/t25?,26?,27-,28+,31-,32-,33+,34-,35+,36-,37-,38+,39+,40-,41+,42?/m1/s1. The van der Waals surface area contributed by atoms with Crippen molar-refractivity contribution in [3.8, 4) is 0 Å². The third-order valence-electron chi connectivity index (χ3n) is 12.3. The van der Waals surface area contributed by atoms with Crippen molar-refractivity contribution in [1.29, 1.82) is 0 Å². The van der Waals surface area contributed by atoms with E-state index in [2.05, 4.69) is 13.8 Å². The SMILES string of the molecule is CCCCCCC[C@H](C(=O)C[C@H]1OC(O[C@@H]2O[C@@H](CC(=O)[C@H](CCCCCCC)C(C)[C@@H](CC)OC)[C@H](O)[C@@H](O)[C@@H]2O)[C@H](O)[C@@H](O)[C@@H]1O)C(C)[C@@H](CC)OC. The van der Waals surface area contributed by atoms with Crippen LogP contribution in [-0.4, -0.2) is 130 Å². The van der Waals surface area contributed by atoms with Gasteiger partial charge in [0, 0.05) is 38.9 Å². The summed E-state index contributed by atoms with van der Waals surface area (Å²) in [6.07, 6.45) is -4.29. The molecule has 0 saturated carbocycles. The molecule has 2 aliphatic heterocycles. The van der Waals surface area contributed by atoms with Gasteiger partial charge in [-0.1, -0.05) is 106 Å². The summed E-state index contributed by atoms with van der Waals surface area (Å²) in [5.74, 6) is -1.40. The minimum atomic E-state index is -1.81. The number of hydrogen-bond donors (Lipinski definition) is 6. The second-order valence-electron chi connectivity index (χ2n) is 16.2. The van der Waals surface area contributed by atoms with Gasteiger partial charge in [0.1, 0.15) is 48.2 Å². The molecule has 2 heterocycles. The van der Waals surface area contributed by atoms with E-state index in [4.69, 9.17) is 23.7 Å². The minimum Gasteiger partial charge on any atom is -0.388 e. The van der Waals surface area contributed by atoms with Gasteiger partial charge in [0.05, 0.1) is 24.4 Å². The minimum absolute atomic E-state index is 0.124. The van der Waals surface area contributed by atoms with E-state index in [1.54, 1.807) is 14.2 Å². The Morgan fingerprint density at radius 3 is 1.18 bits per heavy atom. The molecule has 0 bridgehead atoms. The molecule has 16 atom stereocenters. The van der Waals surface area contributed by atoms with Crippen LogP contribution in [0.1, 0.15) is 144 Å². The topological polar surface area (TPSA) is 202 Å². The van der Waals surface area contributed by atoms with E-state index in [0.29, 0.717) is 25.7 Å². The van der Waals surface area contributed by atoms with Crippen molar-refractivity contribution in [2.24, 2.45) is 23.7 Å². The largest absolute Gasteiger partial charge is 0.388 e. The average Bonchev–Trinajstić information content (AvgIpc) is 3.17. The Hall–Kier alpha value is -1.10. The Bertz CT molecular complexity index is 974. The van der Waals surface area contributed by atoms with Crippen LogP contribution >= 0.6 is 0 Å². The second kappa shape index (κ2) is 26.1.